The molecule has 4 nitrogen and oxygen atoms in total. The molecule has 2 aliphatic rings. The number of fused-ring (bicyclic) bond motifs is 2. The average Bonchev–Trinajstić information content (AvgIpc) is 3.18. The summed E-state index contributed by atoms with van der Waals surface area (Å²) in [6, 6.07) is 41.8. The Morgan fingerprint density at radius 3 is 1.62 bits per heavy atom. The van der Waals surface area contributed by atoms with Gasteiger partial charge in [0.15, 0.2) is 0 Å². The van der Waals surface area contributed by atoms with E-state index in [1.165, 1.54) is 56.1 Å². The second-order valence-corrected chi connectivity index (χ2v) is 18.5. The number of hydrogen-bond donors (Lipinski definition) is 2. The molecule has 0 bridgehead atoms. The van der Waals surface area contributed by atoms with Gasteiger partial charge in [-0.2, -0.15) is 0 Å². The number of nitrogens with one attached hydrogen (secondary N) is 2. The van der Waals surface area contributed by atoms with Gasteiger partial charge < -0.3 is 10.6 Å². The summed E-state index contributed by atoms with van der Waals surface area (Å²) in [7, 11) is 1.94. The molecule has 2 aliphatic heterocycles. The Labute approximate surface area is 348 Å². The van der Waals surface area contributed by atoms with Gasteiger partial charge in [-0.3, -0.25) is 9.98 Å². The highest BCUT2D eigenvalue weighted by atomic mass is 15.0. The van der Waals surface area contributed by atoms with E-state index in [0.29, 0.717) is 6.54 Å². The lowest BCUT2D eigenvalue weighted by atomic mass is 9.56. The highest BCUT2D eigenvalue weighted by Crippen LogP contribution is 2.58. The molecule has 0 amide bonds. The second kappa shape index (κ2) is 15.4. The quantitative estimate of drug-likeness (QED) is 0.155. The maximum atomic E-state index is 5.40. The van der Waals surface area contributed by atoms with Crippen LogP contribution in [0.4, 0.5) is 11.4 Å². The van der Waals surface area contributed by atoms with Crippen LogP contribution in [0.15, 0.2) is 137 Å². The third-order valence-electron chi connectivity index (χ3n) is 14.1. The molecular formula is C54H62N4. The summed E-state index contributed by atoms with van der Waals surface area (Å²) in [4.78, 5) is 10.5. The molecule has 0 spiro atoms. The van der Waals surface area contributed by atoms with Crippen LogP contribution < -0.4 is 10.6 Å². The molecular weight excluding hydrogens is 705 g/mol. The van der Waals surface area contributed by atoms with Gasteiger partial charge in [-0.25, -0.2) is 0 Å². The third kappa shape index (κ3) is 6.85. The number of benzene rings is 5. The van der Waals surface area contributed by atoms with E-state index in [4.69, 9.17) is 9.98 Å². The van der Waals surface area contributed by atoms with Crippen molar-refractivity contribution in [2.45, 2.75) is 93.4 Å². The molecule has 1 atom stereocenters. The van der Waals surface area contributed by atoms with Crippen LogP contribution in [0.1, 0.15) is 105 Å². The fraction of sp³-hybridized carbons (Fsp3) is 0.333. The minimum absolute atomic E-state index is 0.124. The van der Waals surface area contributed by atoms with E-state index in [9.17, 15) is 0 Å². The monoisotopic (exact) mass is 766 g/mol. The predicted octanol–water partition coefficient (Wildman–Crippen LogP) is 13.5. The summed E-state index contributed by atoms with van der Waals surface area (Å²) >= 11 is 0. The first-order valence-electron chi connectivity index (χ1n) is 20.9. The zero-order valence-electron chi connectivity index (χ0n) is 36.9. The minimum atomic E-state index is -0.369. The van der Waals surface area contributed by atoms with E-state index in [-0.39, 0.29) is 21.7 Å². The van der Waals surface area contributed by atoms with Crippen molar-refractivity contribution in [3.8, 4) is 0 Å². The molecule has 0 aliphatic carbocycles. The smallest absolute Gasteiger partial charge is 0.0739 e. The van der Waals surface area contributed by atoms with Crippen molar-refractivity contribution in [3.05, 3.63) is 177 Å². The topological polar surface area (TPSA) is 48.8 Å². The number of allylic oxidation sites excluding steroid dienone is 4. The van der Waals surface area contributed by atoms with E-state index in [1.54, 1.807) is 0 Å². The Bertz CT molecular complexity index is 2460. The lowest BCUT2D eigenvalue weighted by molar-refractivity contribution is 0.204. The van der Waals surface area contributed by atoms with E-state index in [1.807, 2.05) is 7.05 Å². The van der Waals surface area contributed by atoms with E-state index in [2.05, 4.69) is 208 Å². The minimum Gasteiger partial charge on any atom is -0.357 e. The number of rotatable bonds is 8. The van der Waals surface area contributed by atoms with Crippen LogP contribution in [0.5, 0.6) is 0 Å². The standard InChI is InChI=1S/C54H62N4/c1-35-31-36(2)33-41(32-35)48(55-12)45(40-25-17-14-18-26-40)50-54(11,52(7,8)44-28-20-22-38(4)47(44)58-50)29-30-56-34-42(39-23-15-13-16-24-39)49-53(9,10)51(5,6)43-27-19-21-37(3)46(43)57-49/h13-28,31-34,57-58H,29-30H2,1-12H3/b49-42+,50-45-,55-48?,56-34?. The Morgan fingerprint density at radius 1 is 0.552 bits per heavy atom. The van der Waals surface area contributed by atoms with Crippen molar-refractivity contribution in [1.82, 2.24) is 0 Å². The predicted molar refractivity (Wildman–Crippen MR) is 251 cm³/mol. The van der Waals surface area contributed by atoms with Crippen LogP contribution in [-0.4, -0.2) is 25.5 Å². The van der Waals surface area contributed by atoms with Gasteiger partial charge in [-0.1, -0.05) is 163 Å². The largest absolute Gasteiger partial charge is 0.357 e. The second-order valence-electron chi connectivity index (χ2n) is 18.5. The van der Waals surface area contributed by atoms with Crippen LogP contribution in [0.3, 0.4) is 0 Å². The summed E-state index contributed by atoms with van der Waals surface area (Å²) in [6.07, 6.45) is 2.97. The van der Waals surface area contributed by atoms with Gasteiger partial charge in [0.05, 0.1) is 5.71 Å². The summed E-state index contributed by atoms with van der Waals surface area (Å²) in [6.45, 7) is 26.2. The number of aliphatic imine (C=N–C) groups is 2. The van der Waals surface area contributed by atoms with Gasteiger partial charge >= 0.3 is 0 Å². The van der Waals surface area contributed by atoms with Crippen molar-refractivity contribution < 1.29 is 0 Å². The molecule has 5 aromatic rings. The Morgan fingerprint density at radius 2 is 1.07 bits per heavy atom. The fourth-order valence-corrected chi connectivity index (χ4v) is 9.54. The van der Waals surface area contributed by atoms with Crippen molar-refractivity contribution in [3.63, 3.8) is 0 Å². The van der Waals surface area contributed by atoms with Crippen molar-refractivity contribution in [1.29, 1.82) is 0 Å². The summed E-state index contributed by atoms with van der Waals surface area (Å²) < 4.78 is 0. The zero-order chi connectivity index (χ0) is 41.6. The van der Waals surface area contributed by atoms with E-state index >= 15 is 0 Å². The van der Waals surface area contributed by atoms with Crippen LogP contribution in [-0.2, 0) is 10.8 Å². The molecule has 0 radical (unpaired) electrons. The molecule has 2 N–H and O–H groups in total. The maximum absolute atomic E-state index is 5.40. The molecule has 7 rings (SSSR count). The molecule has 2 heterocycles. The van der Waals surface area contributed by atoms with Crippen LogP contribution in [0.25, 0.3) is 11.1 Å². The van der Waals surface area contributed by atoms with Gasteiger partial charge in [0.25, 0.3) is 0 Å². The first kappa shape index (κ1) is 40.7. The number of hydrogen-bond acceptors (Lipinski definition) is 4. The lowest BCUT2D eigenvalue weighted by Gasteiger charge is -2.52. The molecule has 0 aromatic heterocycles. The lowest BCUT2D eigenvalue weighted by Crippen LogP contribution is -2.48. The molecule has 1 unspecified atom stereocenters. The summed E-state index contributed by atoms with van der Waals surface area (Å²) in [5.74, 6) is 0. The number of aryl methyl sites for hydroxylation is 4. The van der Waals surface area contributed by atoms with Crippen LogP contribution in [0.2, 0.25) is 0 Å². The summed E-state index contributed by atoms with van der Waals surface area (Å²) in [5.41, 5.74) is 18.1. The molecule has 4 heteroatoms. The van der Waals surface area contributed by atoms with Gasteiger partial charge in [-0.05, 0) is 79.6 Å². The first-order valence-corrected chi connectivity index (χ1v) is 20.9. The molecule has 0 saturated carbocycles. The Balaban J connectivity index is 1.40. The molecule has 58 heavy (non-hydrogen) atoms. The molecule has 5 aromatic carbocycles. The van der Waals surface area contributed by atoms with E-state index in [0.717, 1.165) is 40.0 Å². The van der Waals surface area contributed by atoms with Crippen molar-refractivity contribution in [2.24, 2.45) is 20.8 Å². The number of anilines is 2. The normalized spacial score (nSPS) is 21.1. The Hall–Kier alpha value is -5.48. The SMILES string of the molecule is CN=C(/C(=C1\Nc2c(C)cccc2C(C)(C)C1(C)CCN=C/C(=C1\Nc2c(C)cccc2C(C)(C)C1(C)C)c1ccccc1)c1ccccc1)c1cc(C)cc(C)c1. The van der Waals surface area contributed by atoms with Gasteiger partial charge in [0, 0.05) is 80.9 Å². The third-order valence-corrected chi connectivity index (χ3v) is 14.1. The van der Waals surface area contributed by atoms with Gasteiger partial charge in [0.1, 0.15) is 0 Å². The van der Waals surface area contributed by atoms with Crippen LogP contribution >= 0.6 is 0 Å². The number of nitrogens with zero attached hydrogens (tertiary/aromatic N) is 2. The fourth-order valence-electron chi connectivity index (χ4n) is 9.54. The van der Waals surface area contributed by atoms with Gasteiger partial charge in [0.2, 0.25) is 0 Å². The average molecular weight is 767 g/mol. The highest BCUT2D eigenvalue weighted by molar-refractivity contribution is 6.33. The van der Waals surface area contributed by atoms with Crippen LogP contribution in [0, 0.1) is 38.5 Å². The summed E-state index contributed by atoms with van der Waals surface area (Å²) in [5, 5.41) is 8.09. The molecule has 0 saturated heterocycles. The highest BCUT2D eigenvalue weighted by Gasteiger charge is 2.51. The van der Waals surface area contributed by atoms with Crippen molar-refractivity contribution in [2.75, 3.05) is 24.2 Å². The maximum Gasteiger partial charge on any atom is 0.0739 e. The van der Waals surface area contributed by atoms with Gasteiger partial charge in [-0.15, -0.1) is 0 Å². The Kier molecular flexibility index (Phi) is 10.8. The molecule has 0 fully saturated rings. The number of para-hydroxylation sites is 2. The molecule has 298 valence electrons. The first-order chi connectivity index (χ1) is 27.5. The van der Waals surface area contributed by atoms with Crippen molar-refractivity contribution >= 4 is 34.4 Å². The van der Waals surface area contributed by atoms with E-state index < -0.39 is 0 Å². The zero-order valence-corrected chi connectivity index (χ0v) is 36.9.